The Balaban J connectivity index is 1.95. The maximum atomic E-state index is 13.3. The van der Waals surface area contributed by atoms with Gasteiger partial charge in [-0.1, -0.05) is 0 Å². The van der Waals surface area contributed by atoms with Crippen LogP contribution in [0.25, 0.3) is 0 Å². The van der Waals surface area contributed by atoms with E-state index in [9.17, 15) is 12.8 Å². The van der Waals surface area contributed by atoms with E-state index in [1.165, 1.54) is 25.0 Å². The Kier molecular flexibility index (Phi) is 4.94. The first-order chi connectivity index (χ1) is 8.99. The molecule has 1 aromatic carbocycles. The third-order valence-corrected chi connectivity index (χ3v) is 5.22. The maximum absolute atomic E-state index is 13.3. The van der Waals surface area contributed by atoms with Gasteiger partial charge in [-0.3, -0.25) is 0 Å². The van der Waals surface area contributed by atoms with Crippen molar-refractivity contribution in [3.8, 4) is 0 Å². The molecule has 1 aliphatic heterocycles. The van der Waals surface area contributed by atoms with Crippen molar-refractivity contribution >= 4 is 26.0 Å². The van der Waals surface area contributed by atoms with Gasteiger partial charge in [-0.15, -0.1) is 0 Å². The zero-order valence-electron chi connectivity index (χ0n) is 10.4. The highest BCUT2D eigenvalue weighted by molar-refractivity contribution is 9.10. The maximum Gasteiger partial charge on any atom is 0.240 e. The van der Waals surface area contributed by atoms with E-state index in [1.807, 2.05) is 0 Å². The molecule has 1 aromatic rings. The Morgan fingerprint density at radius 1 is 1.32 bits per heavy atom. The van der Waals surface area contributed by atoms with Gasteiger partial charge in [0.15, 0.2) is 0 Å². The lowest BCUT2D eigenvalue weighted by atomic mass is 10.3. The fraction of sp³-hybridized carbons (Fsp3) is 0.500. The number of hydrogen-bond acceptors (Lipinski definition) is 3. The molecule has 7 heteroatoms. The van der Waals surface area contributed by atoms with E-state index < -0.39 is 15.8 Å². The smallest absolute Gasteiger partial charge is 0.240 e. The van der Waals surface area contributed by atoms with Crippen LogP contribution >= 0.6 is 15.9 Å². The average Bonchev–Trinajstić information content (AvgIpc) is 2.85. The van der Waals surface area contributed by atoms with Crippen LogP contribution in [-0.2, 0) is 10.0 Å². The van der Waals surface area contributed by atoms with Crippen LogP contribution in [0.5, 0.6) is 0 Å². The summed E-state index contributed by atoms with van der Waals surface area (Å²) < 4.78 is 40.0. The van der Waals surface area contributed by atoms with Gasteiger partial charge in [-0.25, -0.2) is 17.5 Å². The third kappa shape index (κ3) is 3.98. The summed E-state index contributed by atoms with van der Waals surface area (Å²) >= 11 is 3.00. The lowest BCUT2D eigenvalue weighted by molar-refractivity contribution is 0.344. The van der Waals surface area contributed by atoms with Gasteiger partial charge in [-0.2, -0.15) is 0 Å². The summed E-state index contributed by atoms with van der Waals surface area (Å²) in [5.74, 6) is -0.581. The molecular formula is C12H16BrFN2O2S. The molecule has 1 heterocycles. The van der Waals surface area contributed by atoms with Crippen molar-refractivity contribution in [2.75, 3.05) is 26.2 Å². The van der Waals surface area contributed by atoms with Crippen LogP contribution in [0.3, 0.4) is 0 Å². The van der Waals surface area contributed by atoms with E-state index in [0.717, 1.165) is 19.2 Å². The van der Waals surface area contributed by atoms with Gasteiger partial charge in [0.25, 0.3) is 0 Å². The van der Waals surface area contributed by atoms with Crippen LogP contribution in [0.1, 0.15) is 12.8 Å². The van der Waals surface area contributed by atoms with E-state index in [-0.39, 0.29) is 9.37 Å². The highest BCUT2D eigenvalue weighted by atomic mass is 79.9. The molecule has 1 fully saturated rings. The van der Waals surface area contributed by atoms with Crippen molar-refractivity contribution in [3.63, 3.8) is 0 Å². The number of hydrogen-bond donors (Lipinski definition) is 1. The highest BCUT2D eigenvalue weighted by Gasteiger charge is 2.17. The van der Waals surface area contributed by atoms with Gasteiger partial charge in [-0.05, 0) is 60.1 Å². The summed E-state index contributed by atoms with van der Waals surface area (Å²) in [7, 11) is -3.63. The molecule has 0 atom stereocenters. The fourth-order valence-electron chi connectivity index (χ4n) is 2.07. The van der Waals surface area contributed by atoms with Crippen molar-refractivity contribution < 1.29 is 12.8 Å². The summed E-state index contributed by atoms with van der Waals surface area (Å²) in [6.45, 7) is 3.08. The van der Waals surface area contributed by atoms with E-state index in [2.05, 4.69) is 25.6 Å². The summed E-state index contributed by atoms with van der Waals surface area (Å²) in [5.41, 5.74) is 0. The lowest BCUT2D eigenvalue weighted by Gasteiger charge is -2.14. The number of sulfonamides is 1. The molecule has 0 unspecified atom stereocenters. The average molecular weight is 351 g/mol. The molecule has 106 valence electrons. The minimum Gasteiger partial charge on any atom is -0.302 e. The Hall–Kier alpha value is -0.500. The SMILES string of the molecule is O=S(=O)(NCCN1CCCC1)c1ccc(Br)c(F)c1. The molecule has 0 aromatic heterocycles. The van der Waals surface area contributed by atoms with E-state index >= 15 is 0 Å². The van der Waals surface area contributed by atoms with Crippen LogP contribution in [0.15, 0.2) is 27.6 Å². The number of rotatable bonds is 5. The summed E-state index contributed by atoms with van der Waals surface area (Å²) in [5, 5.41) is 0. The predicted octanol–water partition coefficient (Wildman–Crippen LogP) is 1.96. The largest absolute Gasteiger partial charge is 0.302 e. The molecule has 0 radical (unpaired) electrons. The van der Waals surface area contributed by atoms with Crippen molar-refractivity contribution in [2.24, 2.45) is 0 Å². The van der Waals surface area contributed by atoms with Crippen LogP contribution < -0.4 is 4.72 Å². The van der Waals surface area contributed by atoms with Gasteiger partial charge >= 0.3 is 0 Å². The number of nitrogens with one attached hydrogen (secondary N) is 1. The van der Waals surface area contributed by atoms with Crippen molar-refractivity contribution in [3.05, 3.63) is 28.5 Å². The van der Waals surface area contributed by atoms with E-state index in [0.29, 0.717) is 13.1 Å². The summed E-state index contributed by atoms with van der Waals surface area (Å²) in [6, 6.07) is 3.79. The normalized spacial score (nSPS) is 16.9. The van der Waals surface area contributed by atoms with Crippen LogP contribution in [0, 0.1) is 5.82 Å². The second-order valence-electron chi connectivity index (χ2n) is 4.52. The summed E-state index contributed by atoms with van der Waals surface area (Å²) in [6.07, 6.45) is 2.34. The molecule has 1 aliphatic rings. The van der Waals surface area contributed by atoms with E-state index in [4.69, 9.17) is 0 Å². The number of likely N-dealkylation sites (tertiary alicyclic amines) is 1. The number of nitrogens with zero attached hydrogens (tertiary/aromatic N) is 1. The quantitative estimate of drug-likeness (QED) is 0.882. The molecule has 0 saturated carbocycles. The molecule has 1 N–H and O–H groups in total. The Morgan fingerprint density at radius 3 is 2.63 bits per heavy atom. The van der Waals surface area contributed by atoms with Crippen molar-refractivity contribution in [2.45, 2.75) is 17.7 Å². The first kappa shape index (κ1) is 14.9. The van der Waals surface area contributed by atoms with Crippen LogP contribution in [0.4, 0.5) is 4.39 Å². The van der Waals surface area contributed by atoms with Gasteiger partial charge in [0.1, 0.15) is 5.82 Å². The van der Waals surface area contributed by atoms with Crippen LogP contribution in [0.2, 0.25) is 0 Å². The molecule has 1 saturated heterocycles. The molecule has 0 spiro atoms. The molecule has 2 rings (SSSR count). The third-order valence-electron chi connectivity index (χ3n) is 3.12. The summed E-state index contributed by atoms with van der Waals surface area (Å²) in [4.78, 5) is 2.17. The van der Waals surface area contributed by atoms with Gasteiger partial charge in [0.05, 0.1) is 9.37 Å². The zero-order valence-corrected chi connectivity index (χ0v) is 12.8. The fourth-order valence-corrected chi connectivity index (χ4v) is 3.35. The first-order valence-corrected chi connectivity index (χ1v) is 8.44. The standard InChI is InChI=1S/C12H16BrFN2O2S/c13-11-4-3-10(9-12(11)14)19(17,18)15-5-8-16-6-1-2-7-16/h3-4,9,15H,1-2,5-8H2. The molecule has 0 amide bonds. The van der Waals surface area contributed by atoms with Gasteiger partial charge < -0.3 is 4.90 Å². The van der Waals surface area contributed by atoms with Gasteiger partial charge in [0, 0.05) is 13.1 Å². The van der Waals surface area contributed by atoms with E-state index in [1.54, 1.807) is 0 Å². The van der Waals surface area contributed by atoms with Crippen molar-refractivity contribution in [1.29, 1.82) is 0 Å². The molecule has 0 bridgehead atoms. The minimum absolute atomic E-state index is 0.0466. The topological polar surface area (TPSA) is 49.4 Å². The second-order valence-corrected chi connectivity index (χ2v) is 7.14. The zero-order chi connectivity index (χ0) is 13.9. The first-order valence-electron chi connectivity index (χ1n) is 6.16. The minimum atomic E-state index is -3.63. The Labute approximate surface area is 121 Å². The molecule has 19 heavy (non-hydrogen) atoms. The van der Waals surface area contributed by atoms with Crippen molar-refractivity contribution in [1.82, 2.24) is 9.62 Å². The highest BCUT2D eigenvalue weighted by Crippen LogP contribution is 2.19. The Bertz CT molecular complexity index is 545. The second kappa shape index (κ2) is 6.30. The van der Waals surface area contributed by atoms with Crippen LogP contribution in [-0.4, -0.2) is 39.5 Å². The molecular weight excluding hydrogens is 335 g/mol. The lowest BCUT2D eigenvalue weighted by Crippen LogP contribution is -2.33. The Morgan fingerprint density at radius 2 is 2.00 bits per heavy atom. The monoisotopic (exact) mass is 350 g/mol. The molecule has 0 aliphatic carbocycles. The predicted molar refractivity (Wildman–Crippen MR) is 75.0 cm³/mol. The number of benzene rings is 1. The molecule has 4 nitrogen and oxygen atoms in total. The number of halogens is 2. The van der Waals surface area contributed by atoms with Gasteiger partial charge in [0.2, 0.25) is 10.0 Å².